The second kappa shape index (κ2) is 10.2. The molecule has 3 rings (SSSR count). The quantitative estimate of drug-likeness (QED) is 0.246. The Morgan fingerprint density at radius 2 is 1.80 bits per heavy atom. The Morgan fingerprint density at radius 1 is 1.03 bits per heavy atom. The highest BCUT2D eigenvalue weighted by molar-refractivity contribution is 8.26. The number of hydrogen-bond donors (Lipinski definition) is 0. The van der Waals surface area contributed by atoms with Gasteiger partial charge in [-0.15, -0.1) is 0 Å². The minimum Gasteiger partial charge on any atom is -0.464 e. The zero-order valence-corrected chi connectivity index (χ0v) is 18.9. The first-order chi connectivity index (χ1) is 14.5. The SMILES string of the molecule is CCCCCCN1C(=O)/C(=C2\SC(=S)N(CC(=O)OCCC)C2=O)c2ccccc21. The number of fused-ring (bicyclic) bond motifs is 1. The summed E-state index contributed by atoms with van der Waals surface area (Å²) >= 11 is 6.41. The fraction of sp³-hybridized carbons (Fsp3) is 0.455. The van der Waals surface area contributed by atoms with Gasteiger partial charge in [0.1, 0.15) is 10.9 Å². The number of nitrogens with zero attached hydrogens (tertiary/aromatic N) is 2. The number of thioether (sulfide) groups is 1. The van der Waals surface area contributed by atoms with E-state index in [2.05, 4.69) is 6.92 Å². The highest BCUT2D eigenvalue weighted by atomic mass is 32.2. The summed E-state index contributed by atoms with van der Waals surface area (Å²) in [5, 5.41) is 0. The van der Waals surface area contributed by atoms with Crippen molar-refractivity contribution >= 4 is 57.3 Å². The van der Waals surface area contributed by atoms with Gasteiger partial charge in [0.05, 0.1) is 22.8 Å². The van der Waals surface area contributed by atoms with Crippen molar-refractivity contribution in [1.82, 2.24) is 4.90 Å². The maximum absolute atomic E-state index is 13.3. The van der Waals surface area contributed by atoms with E-state index in [0.29, 0.717) is 25.1 Å². The van der Waals surface area contributed by atoms with Gasteiger partial charge in [0.2, 0.25) is 0 Å². The molecule has 1 aromatic carbocycles. The fourth-order valence-corrected chi connectivity index (χ4v) is 4.82. The third-order valence-electron chi connectivity index (χ3n) is 4.99. The minimum absolute atomic E-state index is 0.179. The number of para-hydroxylation sites is 1. The lowest BCUT2D eigenvalue weighted by molar-refractivity contribution is -0.146. The third kappa shape index (κ3) is 4.59. The zero-order valence-electron chi connectivity index (χ0n) is 17.3. The smallest absolute Gasteiger partial charge is 0.326 e. The van der Waals surface area contributed by atoms with Crippen molar-refractivity contribution in [2.45, 2.75) is 46.0 Å². The first-order valence-electron chi connectivity index (χ1n) is 10.3. The van der Waals surface area contributed by atoms with Crippen molar-refractivity contribution < 1.29 is 19.1 Å². The van der Waals surface area contributed by atoms with Gasteiger partial charge in [-0.1, -0.05) is 75.3 Å². The second-order valence-corrected chi connectivity index (χ2v) is 8.86. The number of carbonyl (C=O) groups is 3. The lowest BCUT2D eigenvalue weighted by Crippen LogP contribution is -2.35. The van der Waals surface area contributed by atoms with E-state index in [9.17, 15) is 14.4 Å². The van der Waals surface area contributed by atoms with Crippen LogP contribution in [-0.4, -0.2) is 46.7 Å². The summed E-state index contributed by atoms with van der Waals surface area (Å²) in [6.45, 7) is 4.72. The molecule has 1 fully saturated rings. The molecule has 0 N–H and O–H groups in total. The van der Waals surface area contributed by atoms with E-state index in [-0.39, 0.29) is 21.7 Å². The highest BCUT2D eigenvalue weighted by Gasteiger charge is 2.42. The predicted octanol–water partition coefficient (Wildman–Crippen LogP) is 4.14. The van der Waals surface area contributed by atoms with Gasteiger partial charge in [-0.25, -0.2) is 0 Å². The van der Waals surface area contributed by atoms with Crippen LogP contribution >= 0.6 is 24.0 Å². The van der Waals surface area contributed by atoms with Crippen LogP contribution in [0.1, 0.15) is 51.5 Å². The number of benzene rings is 1. The summed E-state index contributed by atoms with van der Waals surface area (Å²) in [6, 6.07) is 7.51. The van der Waals surface area contributed by atoms with Crippen molar-refractivity contribution in [3.8, 4) is 0 Å². The molecule has 160 valence electrons. The average molecular weight is 447 g/mol. The number of amides is 2. The van der Waals surface area contributed by atoms with Gasteiger partial charge in [0.25, 0.3) is 11.8 Å². The third-order valence-corrected chi connectivity index (χ3v) is 6.44. The molecule has 2 amide bonds. The van der Waals surface area contributed by atoms with E-state index >= 15 is 0 Å². The van der Waals surface area contributed by atoms with Gasteiger partial charge in [-0.2, -0.15) is 0 Å². The van der Waals surface area contributed by atoms with Crippen molar-refractivity contribution in [2.75, 3.05) is 24.6 Å². The molecule has 2 aliphatic heterocycles. The average Bonchev–Trinajstić information content (AvgIpc) is 3.17. The second-order valence-electron chi connectivity index (χ2n) is 7.22. The van der Waals surface area contributed by atoms with E-state index in [1.807, 2.05) is 31.2 Å². The summed E-state index contributed by atoms with van der Waals surface area (Å²) in [4.78, 5) is 41.6. The number of carbonyl (C=O) groups excluding carboxylic acids is 3. The lowest BCUT2D eigenvalue weighted by atomic mass is 10.1. The number of rotatable bonds is 9. The molecule has 1 aromatic rings. The summed E-state index contributed by atoms with van der Waals surface area (Å²) < 4.78 is 5.34. The molecule has 0 saturated carbocycles. The van der Waals surface area contributed by atoms with Crippen LogP contribution in [0.15, 0.2) is 29.2 Å². The lowest BCUT2D eigenvalue weighted by Gasteiger charge is -2.16. The summed E-state index contributed by atoms with van der Waals surface area (Å²) in [5.41, 5.74) is 1.94. The molecule has 2 heterocycles. The van der Waals surface area contributed by atoms with Gasteiger partial charge in [0, 0.05) is 12.1 Å². The fourth-order valence-electron chi connectivity index (χ4n) is 3.49. The van der Waals surface area contributed by atoms with Crippen LogP contribution in [0.4, 0.5) is 5.69 Å². The maximum atomic E-state index is 13.3. The molecule has 1 saturated heterocycles. The van der Waals surface area contributed by atoms with Crippen molar-refractivity contribution in [3.63, 3.8) is 0 Å². The van der Waals surface area contributed by atoms with Crippen molar-refractivity contribution in [3.05, 3.63) is 34.7 Å². The Bertz CT molecular complexity index is 897. The van der Waals surface area contributed by atoms with Crippen LogP contribution in [0.2, 0.25) is 0 Å². The van der Waals surface area contributed by atoms with Crippen molar-refractivity contribution in [2.24, 2.45) is 0 Å². The van der Waals surface area contributed by atoms with Crippen LogP contribution in [0.25, 0.3) is 5.57 Å². The Hall–Kier alpha value is -2.19. The maximum Gasteiger partial charge on any atom is 0.326 e. The van der Waals surface area contributed by atoms with Crippen LogP contribution in [0.3, 0.4) is 0 Å². The van der Waals surface area contributed by atoms with Crippen LogP contribution < -0.4 is 4.90 Å². The molecule has 0 spiro atoms. The molecule has 30 heavy (non-hydrogen) atoms. The van der Waals surface area contributed by atoms with E-state index in [1.165, 1.54) is 4.90 Å². The molecular formula is C22H26N2O4S2. The first-order valence-corrected chi connectivity index (χ1v) is 11.6. The number of ether oxygens (including phenoxy) is 1. The van der Waals surface area contributed by atoms with Gasteiger partial charge in [-0.05, 0) is 18.9 Å². The number of esters is 1. The molecule has 0 aromatic heterocycles. The molecular weight excluding hydrogens is 420 g/mol. The van der Waals surface area contributed by atoms with Gasteiger partial charge in [0.15, 0.2) is 0 Å². The normalized spacial score (nSPS) is 18.4. The zero-order chi connectivity index (χ0) is 21.7. The van der Waals surface area contributed by atoms with Gasteiger partial charge in [-0.3, -0.25) is 19.3 Å². The number of hydrogen-bond acceptors (Lipinski definition) is 6. The van der Waals surface area contributed by atoms with Crippen LogP contribution in [-0.2, 0) is 19.1 Å². The molecule has 8 heteroatoms. The monoisotopic (exact) mass is 446 g/mol. The van der Waals surface area contributed by atoms with E-state index < -0.39 is 11.9 Å². The first kappa shape index (κ1) is 22.5. The Kier molecular flexibility index (Phi) is 7.66. The van der Waals surface area contributed by atoms with Crippen LogP contribution in [0.5, 0.6) is 0 Å². The van der Waals surface area contributed by atoms with E-state index in [4.69, 9.17) is 17.0 Å². The Balaban J connectivity index is 1.86. The topological polar surface area (TPSA) is 66.9 Å². The Morgan fingerprint density at radius 3 is 2.53 bits per heavy atom. The van der Waals surface area contributed by atoms with Gasteiger partial charge < -0.3 is 9.64 Å². The Labute approximate surface area is 186 Å². The largest absolute Gasteiger partial charge is 0.464 e. The van der Waals surface area contributed by atoms with E-state index in [0.717, 1.165) is 48.7 Å². The molecule has 2 aliphatic rings. The summed E-state index contributed by atoms with van der Waals surface area (Å²) in [5.74, 6) is -1.10. The van der Waals surface area contributed by atoms with Gasteiger partial charge >= 0.3 is 5.97 Å². The highest BCUT2D eigenvalue weighted by Crippen LogP contribution is 2.44. The summed E-state index contributed by atoms with van der Waals surface area (Å²) in [6.07, 6.45) is 4.92. The minimum atomic E-state index is -0.505. The standard InChI is InChI=1S/C22H26N2O4S2/c1-3-5-6-9-12-23-16-11-8-7-10-15(16)18(20(23)26)19-21(27)24(22(29)30-19)14-17(25)28-13-4-2/h7-8,10-11H,3-6,9,12-14H2,1-2H3/b19-18-. The van der Waals surface area contributed by atoms with E-state index in [1.54, 1.807) is 4.90 Å². The molecule has 0 unspecified atom stereocenters. The molecule has 6 nitrogen and oxygen atoms in total. The molecule has 0 bridgehead atoms. The number of thiocarbonyl (C=S) groups is 1. The predicted molar refractivity (Wildman–Crippen MR) is 123 cm³/mol. The molecule has 0 radical (unpaired) electrons. The van der Waals surface area contributed by atoms with Crippen molar-refractivity contribution in [1.29, 1.82) is 0 Å². The number of unbranched alkanes of at least 4 members (excludes halogenated alkanes) is 3. The molecule has 0 aliphatic carbocycles. The van der Waals surface area contributed by atoms with Crippen LogP contribution in [0, 0.1) is 0 Å². The summed E-state index contributed by atoms with van der Waals surface area (Å²) in [7, 11) is 0. The molecule has 0 atom stereocenters. The number of anilines is 1.